The lowest BCUT2D eigenvalue weighted by Gasteiger charge is -2.37. The van der Waals surface area contributed by atoms with Gasteiger partial charge in [-0.05, 0) is 12.8 Å². The lowest BCUT2D eigenvalue weighted by atomic mass is 9.73. The Balaban J connectivity index is 2.13. The van der Waals surface area contributed by atoms with E-state index < -0.39 is 5.41 Å². The Kier molecular flexibility index (Phi) is 4.14. The van der Waals surface area contributed by atoms with Gasteiger partial charge in [-0.3, -0.25) is 9.89 Å². The van der Waals surface area contributed by atoms with Gasteiger partial charge in [-0.15, -0.1) is 0 Å². The van der Waals surface area contributed by atoms with Gasteiger partial charge in [-0.1, -0.05) is 31.5 Å². The molecule has 1 amide bonds. The molecule has 0 bridgehead atoms. The van der Waals surface area contributed by atoms with Gasteiger partial charge >= 0.3 is 0 Å². The number of H-pyrrole nitrogens is 1. The van der Waals surface area contributed by atoms with Crippen molar-refractivity contribution in [3.63, 3.8) is 0 Å². The summed E-state index contributed by atoms with van der Waals surface area (Å²) in [5.74, 6) is 0.654. The van der Waals surface area contributed by atoms with Crippen molar-refractivity contribution in [2.75, 3.05) is 7.05 Å². The zero-order chi connectivity index (χ0) is 13.9. The van der Waals surface area contributed by atoms with Gasteiger partial charge in [-0.2, -0.15) is 5.10 Å². The van der Waals surface area contributed by atoms with E-state index in [0.717, 1.165) is 32.1 Å². The molecule has 1 aromatic rings. The van der Waals surface area contributed by atoms with Crippen molar-refractivity contribution >= 4 is 23.1 Å². The third-order valence-electron chi connectivity index (χ3n) is 3.79. The molecule has 1 fully saturated rings. The minimum Gasteiger partial charge on any atom is -0.392 e. The monoisotopic (exact) mass is 281 g/mol. The molecular weight excluding hydrogens is 262 g/mol. The number of amides is 1. The number of carbonyl (C=O) groups excluding carboxylic acids is 1. The molecule has 2 rings (SSSR count). The van der Waals surface area contributed by atoms with E-state index in [2.05, 4.69) is 15.2 Å². The minimum absolute atomic E-state index is 0.00361. The molecule has 6 nitrogen and oxygen atoms in total. The molecule has 1 aromatic heterocycles. The average Bonchev–Trinajstić information content (AvgIpc) is 2.91. The maximum absolute atomic E-state index is 12.7. The van der Waals surface area contributed by atoms with E-state index in [1.54, 1.807) is 11.9 Å². The number of rotatable bonds is 4. The second-order valence-corrected chi connectivity index (χ2v) is 5.54. The van der Waals surface area contributed by atoms with Crippen LogP contribution in [0.25, 0.3) is 0 Å². The Morgan fingerprint density at radius 2 is 2.21 bits per heavy atom. The van der Waals surface area contributed by atoms with E-state index in [9.17, 15) is 4.79 Å². The summed E-state index contributed by atoms with van der Waals surface area (Å²) in [5, 5.41) is 6.52. The highest BCUT2D eigenvalue weighted by Crippen LogP contribution is 2.38. The predicted molar refractivity (Wildman–Crippen MR) is 75.2 cm³/mol. The number of nitrogens with zero attached hydrogens (tertiary/aromatic N) is 3. The van der Waals surface area contributed by atoms with Crippen LogP contribution < -0.4 is 5.73 Å². The second-order valence-electron chi connectivity index (χ2n) is 5.10. The van der Waals surface area contributed by atoms with Crippen molar-refractivity contribution < 1.29 is 4.79 Å². The van der Waals surface area contributed by atoms with Crippen molar-refractivity contribution in [2.45, 2.75) is 38.6 Å². The minimum atomic E-state index is -0.664. The summed E-state index contributed by atoms with van der Waals surface area (Å²) >= 11 is 5.17. The Morgan fingerprint density at radius 1 is 1.53 bits per heavy atom. The van der Waals surface area contributed by atoms with Gasteiger partial charge in [0.25, 0.3) is 0 Å². The normalized spacial score (nSPS) is 17.9. The van der Waals surface area contributed by atoms with Gasteiger partial charge in [0.2, 0.25) is 5.91 Å². The zero-order valence-electron chi connectivity index (χ0n) is 11.1. The first kappa shape index (κ1) is 13.9. The number of thiocarbonyl (C=S) groups is 1. The molecule has 1 aliphatic carbocycles. The predicted octanol–water partition coefficient (Wildman–Crippen LogP) is 1.000. The molecule has 7 heteroatoms. The van der Waals surface area contributed by atoms with E-state index in [4.69, 9.17) is 18.0 Å². The fraction of sp³-hybridized carbons (Fsp3) is 0.667. The summed E-state index contributed by atoms with van der Waals surface area (Å²) in [6.07, 6.45) is 6.07. The maximum Gasteiger partial charge on any atom is 0.235 e. The molecule has 0 saturated heterocycles. The van der Waals surface area contributed by atoms with Crippen LogP contribution in [0.1, 0.15) is 37.9 Å². The second kappa shape index (κ2) is 5.64. The largest absolute Gasteiger partial charge is 0.392 e. The van der Waals surface area contributed by atoms with E-state index in [1.807, 2.05) is 0 Å². The van der Waals surface area contributed by atoms with Gasteiger partial charge in [0, 0.05) is 7.05 Å². The van der Waals surface area contributed by atoms with Crippen molar-refractivity contribution in [3.8, 4) is 0 Å². The molecule has 0 spiro atoms. The molecule has 1 saturated carbocycles. The highest BCUT2D eigenvalue weighted by molar-refractivity contribution is 7.80. The number of aromatic amines is 1. The van der Waals surface area contributed by atoms with Gasteiger partial charge in [-0.25, -0.2) is 4.98 Å². The topological polar surface area (TPSA) is 87.9 Å². The third kappa shape index (κ3) is 2.75. The molecule has 0 unspecified atom stereocenters. The number of carbonyl (C=O) groups is 1. The lowest BCUT2D eigenvalue weighted by molar-refractivity contribution is -0.139. The molecule has 3 N–H and O–H groups in total. The number of nitrogens with two attached hydrogens (primary N) is 1. The van der Waals surface area contributed by atoms with Crippen LogP contribution in [0.3, 0.4) is 0 Å². The maximum atomic E-state index is 12.7. The standard InChI is InChI=1S/C12H19N5OS/c1-17(7-9-14-8-15-16-9)11(18)12(10(13)19)5-3-2-4-6-12/h8H,2-7H2,1H3,(H2,13,19)(H,14,15,16). The fourth-order valence-electron chi connectivity index (χ4n) is 2.69. The van der Waals surface area contributed by atoms with Crippen molar-refractivity contribution in [2.24, 2.45) is 11.1 Å². The SMILES string of the molecule is CN(Cc1ncn[nH]1)C(=O)C1(C(N)=S)CCCCC1. The lowest BCUT2D eigenvalue weighted by Crippen LogP contribution is -2.50. The molecule has 0 radical (unpaired) electrons. The van der Waals surface area contributed by atoms with Crippen molar-refractivity contribution in [3.05, 3.63) is 12.2 Å². The molecule has 0 aliphatic heterocycles. The highest BCUT2D eigenvalue weighted by Gasteiger charge is 2.43. The molecule has 104 valence electrons. The van der Waals surface area contributed by atoms with Crippen LogP contribution in [0.15, 0.2) is 6.33 Å². The van der Waals surface area contributed by atoms with Crippen molar-refractivity contribution in [1.82, 2.24) is 20.1 Å². The van der Waals surface area contributed by atoms with Crippen LogP contribution >= 0.6 is 12.2 Å². The Hall–Kier alpha value is -1.50. The first-order valence-corrected chi connectivity index (χ1v) is 6.87. The molecule has 0 aromatic carbocycles. The summed E-state index contributed by atoms with van der Waals surface area (Å²) in [7, 11) is 1.75. The van der Waals surface area contributed by atoms with E-state index in [-0.39, 0.29) is 5.91 Å². The first-order chi connectivity index (χ1) is 9.06. The van der Waals surface area contributed by atoms with Crippen LogP contribution in [0, 0.1) is 5.41 Å². The van der Waals surface area contributed by atoms with Crippen LogP contribution in [0.2, 0.25) is 0 Å². The van der Waals surface area contributed by atoms with Crippen LogP contribution in [-0.2, 0) is 11.3 Å². The number of hydrogen-bond acceptors (Lipinski definition) is 4. The summed E-state index contributed by atoms with van der Waals surface area (Å²) < 4.78 is 0. The van der Waals surface area contributed by atoms with E-state index in [0.29, 0.717) is 17.4 Å². The Morgan fingerprint density at radius 3 is 2.74 bits per heavy atom. The molecule has 19 heavy (non-hydrogen) atoms. The van der Waals surface area contributed by atoms with Crippen LogP contribution in [0.5, 0.6) is 0 Å². The third-order valence-corrected chi connectivity index (χ3v) is 4.18. The molecular formula is C12H19N5OS. The van der Waals surface area contributed by atoms with Crippen molar-refractivity contribution in [1.29, 1.82) is 0 Å². The number of hydrogen-bond donors (Lipinski definition) is 2. The van der Waals surface area contributed by atoms with E-state index in [1.165, 1.54) is 6.33 Å². The molecule has 1 aliphatic rings. The molecule has 0 atom stereocenters. The van der Waals surface area contributed by atoms with E-state index >= 15 is 0 Å². The fourth-order valence-corrected chi connectivity index (χ4v) is 2.98. The quantitative estimate of drug-likeness (QED) is 0.804. The Labute approximate surface area is 117 Å². The first-order valence-electron chi connectivity index (χ1n) is 6.46. The Bertz CT molecular complexity index is 453. The number of nitrogens with one attached hydrogen (secondary N) is 1. The summed E-state index contributed by atoms with van der Waals surface area (Å²) in [6, 6.07) is 0. The number of aromatic nitrogens is 3. The molecule has 1 heterocycles. The van der Waals surface area contributed by atoms with Crippen LogP contribution in [0.4, 0.5) is 0 Å². The smallest absolute Gasteiger partial charge is 0.235 e. The van der Waals surface area contributed by atoms with Gasteiger partial charge in [0.15, 0.2) is 0 Å². The summed E-state index contributed by atoms with van der Waals surface area (Å²) in [4.78, 5) is 18.7. The zero-order valence-corrected chi connectivity index (χ0v) is 11.9. The summed E-state index contributed by atoms with van der Waals surface area (Å²) in [6.45, 7) is 0.392. The van der Waals surface area contributed by atoms with Gasteiger partial charge in [0.05, 0.1) is 16.9 Å². The van der Waals surface area contributed by atoms with Gasteiger partial charge in [0.1, 0.15) is 12.2 Å². The summed E-state index contributed by atoms with van der Waals surface area (Å²) in [5.41, 5.74) is 5.20. The average molecular weight is 281 g/mol. The van der Waals surface area contributed by atoms with Crippen LogP contribution in [-0.4, -0.2) is 38.0 Å². The van der Waals surface area contributed by atoms with Gasteiger partial charge < -0.3 is 10.6 Å². The highest BCUT2D eigenvalue weighted by atomic mass is 32.1.